The van der Waals surface area contributed by atoms with E-state index < -0.39 is 5.92 Å². The number of carbonyl (C=O) groups is 1. The number of methoxy groups -OCH3 is 1. The molecule has 1 atom stereocenters. The molecule has 0 fully saturated rings. The fourth-order valence-corrected chi connectivity index (χ4v) is 3.92. The van der Waals surface area contributed by atoms with Gasteiger partial charge in [-0.25, -0.2) is 0 Å². The van der Waals surface area contributed by atoms with E-state index in [4.69, 9.17) is 24.0 Å². The molecule has 0 spiro atoms. The van der Waals surface area contributed by atoms with Crippen LogP contribution in [0, 0.1) is 18.3 Å². The summed E-state index contributed by atoms with van der Waals surface area (Å²) >= 11 is 0. The predicted molar refractivity (Wildman–Crippen MR) is 121 cm³/mol. The van der Waals surface area contributed by atoms with E-state index >= 15 is 0 Å². The highest BCUT2D eigenvalue weighted by Crippen LogP contribution is 2.38. The highest BCUT2D eigenvalue weighted by atomic mass is 16.5. The molecule has 5 rings (SSSR count). The second-order valence-electron chi connectivity index (χ2n) is 7.78. The topological polar surface area (TPSA) is 108 Å². The summed E-state index contributed by atoms with van der Waals surface area (Å²) in [5.74, 6) is 0.768. The second kappa shape index (κ2) is 8.05. The van der Waals surface area contributed by atoms with Crippen molar-refractivity contribution in [2.75, 3.05) is 7.11 Å². The Balaban J connectivity index is 1.58. The minimum Gasteiger partial charge on any atom is -0.497 e. The molecular formula is C25H21N3O5. The van der Waals surface area contributed by atoms with Gasteiger partial charge in [0.05, 0.1) is 25.0 Å². The number of rotatable bonds is 6. The van der Waals surface area contributed by atoms with Crippen LogP contribution in [-0.4, -0.2) is 28.6 Å². The van der Waals surface area contributed by atoms with Crippen LogP contribution in [-0.2, 0) is 0 Å². The summed E-state index contributed by atoms with van der Waals surface area (Å²) in [5.41, 5.74) is 2.14. The number of aryl methyl sites for hydroxylation is 1. The van der Waals surface area contributed by atoms with Gasteiger partial charge in [0.1, 0.15) is 34.1 Å². The lowest BCUT2D eigenvalue weighted by Crippen LogP contribution is -2.13. The lowest BCUT2D eigenvalue weighted by Gasteiger charge is -2.12. The Morgan fingerprint density at radius 2 is 1.85 bits per heavy atom. The molecule has 1 N–H and O–H groups in total. The average molecular weight is 443 g/mol. The highest BCUT2D eigenvalue weighted by Gasteiger charge is 2.40. The summed E-state index contributed by atoms with van der Waals surface area (Å²) in [7, 11) is 1.57. The summed E-state index contributed by atoms with van der Waals surface area (Å²) < 4.78 is 22.7. The minimum atomic E-state index is -0.585. The van der Waals surface area contributed by atoms with Crippen LogP contribution in [0.15, 0.2) is 53.1 Å². The first-order valence-corrected chi connectivity index (χ1v) is 10.5. The number of ether oxygens (including phenoxy) is 3. The van der Waals surface area contributed by atoms with E-state index in [2.05, 4.69) is 9.97 Å². The molecule has 1 aliphatic carbocycles. The molecule has 0 aliphatic heterocycles. The molecule has 166 valence electrons. The first kappa shape index (κ1) is 20.7. The Bertz CT molecular complexity index is 1410. The lowest BCUT2D eigenvalue weighted by atomic mass is 10.0. The van der Waals surface area contributed by atoms with Crippen LogP contribution >= 0.6 is 0 Å². The highest BCUT2D eigenvalue weighted by molar-refractivity contribution is 6.27. The molecule has 2 aromatic carbocycles. The van der Waals surface area contributed by atoms with Gasteiger partial charge in [-0.2, -0.15) is 9.97 Å². The van der Waals surface area contributed by atoms with Crippen LogP contribution in [0.1, 0.15) is 35.0 Å². The number of benzene rings is 2. The van der Waals surface area contributed by atoms with Gasteiger partial charge < -0.3 is 24.0 Å². The van der Waals surface area contributed by atoms with Crippen LogP contribution in [0.25, 0.3) is 11.0 Å². The Morgan fingerprint density at radius 1 is 1.03 bits per heavy atom. The number of ketones is 1. The average Bonchev–Trinajstić information content (AvgIpc) is 3.35. The van der Waals surface area contributed by atoms with Crippen molar-refractivity contribution in [3.63, 3.8) is 0 Å². The van der Waals surface area contributed by atoms with Gasteiger partial charge in [-0.3, -0.25) is 4.79 Å². The predicted octanol–water partition coefficient (Wildman–Crippen LogP) is 5.71. The van der Waals surface area contributed by atoms with Crippen molar-refractivity contribution in [3.05, 3.63) is 65.5 Å². The van der Waals surface area contributed by atoms with Crippen LogP contribution < -0.4 is 14.2 Å². The maximum Gasteiger partial charge on any atom is 0.325 e. The molecule has 1 unspecified atom stereocenters. The van der Waals surface area contributed by atoms with E-state index in [1.54, 1.807) is 31.6 Å². The van der Waals surface area contributed by atoms with Crippen LogP contribution in [0.2, 0.25) is 0 Å². The SMILES string of the molecule is CCC1C(=N)c2nc(Oc3ccc4ccoc4c3)nc(Oc3cc(C)cc(OC)c3)c2C1=O. The zero-order chi connectivity index (χ0) is 23.1. The number of nitrogens with zero attached hydrogens (tertiary/aromatic N) is 2. The van der Waals surface area contributed by atoms with Crippen molar-refractivity contribution in [1.82, 2.24) is 9.97 Å². The van der Waals surface area contributed by atoms with E-state index in [1.807, 2.05) is 38.1 Å². The fraction of sp³-hybridized carbons (Fsp3) is 0.200. The maximum atomic E-state index is 13.0. The Morgan fingerprint density at radius 3 is 2.64 bits per heavy atom. The number of aromatic nitrogens is 2. The first-order chi connectivity index (χ1) is 16.0. The Kier molecular flexibility index (Phi) is 5.05. The number of furan rings is 1. The smallest absolute Gasteiger partial charge is 0.325 e. The van der Waals surface area contributed by atoms with E-state index in [0.29, 0.717) is 29.3 Å². The molecule has 0 amide bonds. The molecule has 8 heteroatoms. The summed E-state index contributed by atoms with van der Waals surface area (Å²) in [5, 5.41) is 9.44. The number of Topliss-reactive ketones (excluding diaryl/α,β-unsaturated/α-hetero) is 1. The standard InChI is InChI=1S/C25H21N3O5/c1-4-18-21(26)22-20(23(18)29)24(32-17-10-13(2)9-16(11-17)30-3)28-25(27-22)33-15-6-5-14-7-8-31-19(14)12-15/h5-12,18,26H,4H2,1-3H3. The van der Waals surface area contributed by atoms with Gasteiger partial charge in [-0.1, -0.05) is 6.92 Å². The van der Waals surface area contributed by atoms with Crippen molar-refractivity contribution in [1.29, 1.82) is 5.41 Å². The molecule has 2 heterocycles. The van der Waals surface area contributed by atoms with Gasteiger partial charge in [-0.15, -0.1) is 0 Å². The molecule has 4 aromatic rings. The number of hydrogen-bond acceptors (Lipinski definition) is 8. The fourth-order valence-electron chi connectivity index (χ4n) is 3.92. The zero-order valence-corrected chi connectivity index (χ0v) is 18.3. The minimum absolute atomic E-state index is 0.0245. The molecule has 0 saturated carbocycles. The largest absolute Gasteiger partial charge is 0.497 e. The van der Waals surface area contributed by atoms with Gasteiger partial charge in [0.15, 0.2) is 5.78 Å². The van der Waals surface area contributed by atoms with Crippen molar-refractivity contribution in [2.24, 2.45) is 5.92 Å². The molecule has 0 bridgehead atoms. The van der Waals surface area contributed by atoms with Gasteiger partial charge in [0.25, 0.3) is 0 Å². The molecular weight excluding hydrogens is 422 g/mol. The van der Waals surface area contributed by atoms with Crippen molar-refractivity contribution >= 4 is 22.5 Å². The number of carbonyl (C=O) groups excluding carboxylic acids is 1. The lowest BCUT2D eigenvalue weighted by molar-refractivity contribution is 0.0956. The van der Waals surface area contributed by atoms with E-state index in [1.165, 1.54) is 0 Å². The maximum absolute atomic E-state index is 13.0. The Hall–Kier alpha value is -4.20. The van der Waals surface area contributed by atoms with Crippen LogP contribution in [0.3, 0.4) is 0 Å². The van der Waals surface area contributed by atoms with Gasteiger partial charge >= 0.3 is 6.01 Å². The van der Waals surface area contributed by atoms with Crippen molar-refractivity contribution < 1.29 is 23.4 Å². The number of fused-ring (bicyclic) bond motifs is 2. The van der Waals surface area contributed by atoms with Gasteiger partial charge in [0.2, 0.25) is 5.88 Å². The quantitative estimate of drug-likeness (QED) is 0.406. The van der Waals surface area contributed by atoms with Crippen molar-refractivity contribution in [2.45, 2.75) is 20.3 Å². The summed E-state index contributed by atoms with van der Waals surface area (Å²) in [4.78, 5) is 21.8. The monoisotopic (exact) mass is 443 g/mol. The Labute approximate surface area is 189 Å². The van der Waals surface area contributed by atoms with E-state index in [9.17, 15) is 4.79 Å². The first-order valence-electron chi connectivity index (χ1n) is 10.5. The molecule has 0 radical (unpaired) electrons. The zero-order valence-electron chi connectivity index (χ0n) is 18.3. The van der Waals surface area contributed by atoms with E-state index in [0.717, 1.165) is 10.9 Å². The molecule has 1 aliphatic rings. The van der Waals surface area contributed by atoms with E-state index in [-0.39, 0.29) is 34.6 Å². The van der Waals surface area contributed by atoms with Crippen LogP contribution in [0.4, 0.5) is 0 Å². The summed E-state index contributed by atoms with van der Waals surface area (Å²) in [6.45, 7) is 3.77. The molecule has 8 nitrogen and oxygen atoms in total. The van der Waals surface area contributed by atoms with Crippen LogP contribution in [0.5, 0.6) is 29.1 Å². The molecule has 2 aromatic heterocycles. The van der Waals surface area contributed by atoms with Crippen molar-refractivity contribution in [3.8, 4) is 29.1 Å². The van der Waals surface area contributed by atoms with Gasteiger partial charge in [-0.05, 0) is 49.2 Å². The molecule has 33 heavy (non-hydrogen) atoms. The third-order valence-corrected chi connectivity index (χ3v) is 5.54. The number of nitrogens with one attached hydrogen (secondary N) is 1. The number of hydrogen-bond donors (Lipinski definition) is 1. The summed E-state index contributed by atoms with van der Waals surface area (Å²) in [6, 6.07) is 12.6. The third-order valence-electron chi connectivity index (χ3n) is 5.54. The summed E-state index contributed by atoms with van der Waals surface area (Å²) in [6.07, 6.45) is 2.08. The normalized spacial score (nSPS) is 15.1. The second-order valence-corrected chi connectivity index (χ2v) is 7.78. The third kappa shape index (κ3) is 3.69. The van der Waals surface area contributed by atoms with Gasteiger partial charge in [0, 0.05) is 17.5 Å². The molecule has 0 saturated heterocycles.